The molecule has 0 atom stereocenters. The van der Waals surface area contributed by atoms with Gasteiger partial charge in [-0.25, -0.2) is 4.98 Å². The maximum atomic E-state index is 5.65. The van der Waals surface area contributed by atoms with Crippen LogP contribution in [-0.2, 0) is 13.1 Å². The Hall–Kier alpha value is -1.37. The Morgan fingerprint density at radius 3 is 2.52 bits per heavy atom. The molecule has 2 rings (SSSR count). The second kappa shape index (κ2) is 7.59. The molecule has 5 nitrogen and oxygen atoms in total. The number of thiazole rings is 1. The van der Waals surface area contributed by atoms with E-state index in [1.54, 1.807) is 7.11 Å². The molecule has 0 aliphatic heterocycles. The lowest BCUT2D eigenvalue weighted by Gasteiger charge is -2.18. The van der Waals surface area contributed by atoms with Crippen LogP contribution < -0.4 is 10.5 Å². The molecule has 0 saturated heterocycles. The van der Waals surface area contributed by atoms with Gasteiger partial charge in [0.25, 0.3) is 0 Å². The highest BCUT2D eigenvalue weighted by molar-refractivity contribution is 7.15. The molecule has 0 amide bonds. The number of ether oxygens (including phenoxy) is 1. The number of hydrogen-bond acceptors (Lipinski definition) is 6. The van der Waals surface area contributed by atoms with Crippen LogP contribution in [0.1, 0.15) is 21.7 Å². The van der Waals surface area contributed by atoms with Crippen molar-refractivity contribution >= 4 is 28.9 Å². The van der Waals surface area contributed by atoms with E-state index < -0.39 is 0 Å². The van der Waals surface area contributed by atoms with Crippen LogP contribution in [0.5, 0.6) is 5.75 Å². The molecule has 2 aromatic heterocycles. The SMILES string of the molecule is COc1c(C)cnc(CN(C)Cc2cnc(N)s2)c1C.Cl. The van der Waals surface area contributed by atoms with Crippen molar-refractivity contribution in [2.75, 3.05) is 19.9 Å². The molecular formula is C14H21ClN4OS. The minimum absolute atomic E-state index is 0. The summed E-state index contributed by atoms with van der Waals surface area (Å²) in [7, 11) is 3.76. The first-order chi connectivity index (χ1) is 9.51. The molecule has 0 saturated carbocycles. The molecule has 0 spiro atoms. The average Bonchev–Trinajstić information content (AvgIpc) is 2.79. The van der Waals surface area contributed by atoms with Crippen LogP contribution >= 0.6 is 23.7 Å². The third-order valence-electron chi connectivity index (χ3n) is 3.17. The van der Waals surface area contributed by atoms with Gasteiger partial charge in [0.2, 0.25) is 0 Å². The lowest BCUT2D eigenvalue weighted by molar-refractivity contribution is 0.315. The van der Waals surface area contributed by atoms with E-state index in [-0.39, 0.29) is 12.4 Å². The first kappa shape index (κ1) is 17.7. The van der Waals surface area contributed by atoms with E-state index in [0.29, 0.717) is 5.13 Å². The minimum atomic E-state index is 0. The van der Waals surface area contributed by atoms with Crippen molar-refractivity contribution in [3.05, 3.63) is 34.1 Å². The van der Waals surface area contributed by atoms with Crippen molar-refractivity contribution in [1.82, 2.24) is 14.9 Å². The number of hydrogen-bond donors (Lipinski definition) is 1. The molecule has 0 bridgehead atoms. The Balaban J connectivity index is 0.00000220. The van der Waals surface area contributed by atoms with E-state index in [0.717, 1.165) is 40.5 Å². The van der Waals surface area contributed by atoms with Crippen LogP contribution in [0.3, 0.4) is 0 Å². The normalized spacial score (nSPS) is 10.5. The topological polar surface area (TPSA) is 64.3 Å². The van der Waals surface area contributed by atoms with Gasteiger partial charge in [-0.15, -0.1) is 23.7 Å². The van der Waals surface area contributed by atoms with Crippen molar-refractivity contribution < 1.29 is 4.74 Å². The van der Waals surface area contributed by atoms with Gasteiger partial charge in [0, 0.05) is 41.5 Å². The number of nitrogens with two attached hydrogens (primary N) is 1. The van der Waals surface area contributed by atoms with E-state index in [1.807, 2.05) is 26.2 Å². The summed E-state index contributed by atoms with van der Waals surface area (Å²) in [6.45, 7) is 5.63. The van der Waals surface area contributed by atoms with Crippen molar-refractivity contribution in [2.24, 2.45) is 0 Å². The summed E-state index contributed by atoms with van der Waals surface area (Å²) in [5, 5.41) is 0.611. The maximum absolute atomic E-state index is 5.65. The predicted molar refractivity (Wildman–Crippen MR) is 89.2 cm³/mol. The van der Waals surface area contributed by atoms with E-state index in [2.05, 4.69) is 21.9 Å². The average molecular weight is 329 g/mol. The minimum Gasteiger partial charge on any atom is -0.496 e. The molecule has 0 unspecified atom stereocenters. The van der Waals surface area contributed by atoms with Gasteiger partial charge in [0.05, 0.1) is 12.8 Å². The number of halogens is 1. The van der Waals surface area contributed by atoms with Gasteiger partial charge < -0.3 is 10.5 Å². The smallest absolute Gasteiger partial charge is 0.180 e. The van der Waals surface area contributed by atoms with Crippen molar-refractivity contribution in [1.29, 1.82) is 0 Å². The molecule has 21 heavy (non-hydrogen) atoms. The Labute approximate surface area is 135 Å². The molecule has 2 N–H and O–H groups in total. The molecule has 2 aromatic rings. The van der Waals surface area contributed by atoms with Gasteiger partial charge in [0.15, 0.2) is 5.13 Å². The fourth-order valence-corrected chi connectivity index (χ4v) is 2.97. The molecule has 0 fully saturated rings. The Kier molecular flexibility index (Phi) is 6.39. The van der Waals surface area contributed by atoms with Crippen molar-refractivity contribution in [3.63, 3.8) is 0 Å². The number of nitrogens with zero attached hydrogens (tertiary/aromatic N) is 3. The highest BCUT2D eigenvalue weighted by Crippen LogP contribution is 2.25. The first-order valence-corrected chi connectivity index (χ1v) is 7.20. The second-order valence-electron chi connectivity index (χ2n) is 4.88. The first-order valence-electron chi connectivity index (χ1n) is 6.39. The molecule has 116 valence electrons. The molecular weight excluding hydrogens is 308 g/mol. The summed E-state index contributed by atoms with van der Waals surface area (Å²) in [6.07, 6.45) is 3.69. The maximum Gasteiger partial charge on any atom is 0.180 e. The van der Waals surface area contributed by atoms with Crippen LogP contribution in [0.15, 0.2) is 12.4 Å². The molecule has 7 heteroatoms. The zero-order chi connectivity index (χ0) is 14.7. The lowest BCUT2D eigenvalue weighted by atomic mass is 10.1. The zero-order valence-corrected chi connectivity index (χ0v) is 14.3. The number of nitrogen functional groups attached to an aromatic ring is 1. The summed E-state index contributed by atoms with van der Waals surface area (Å²) in [4.78, 5) is 11.9. The van der Waals surface area contributed by atoms with E-state index in [1.165, 1.54) is 11.3 Å². The van der Waals surface area contributed by atoms with Crippen molar-refractivity contribution in [2.45, 2.75) is 26.9 Å². The fourth-order valence-electron chi connectivity index (χ4n) is 2.20. The number of aromatic nitrogens is 2. The highest BCUT2D eigenvalue weighted by atomic mass is 35.5. The Bertz CT molecular complexity index is 603. The number of aryl methyl sites for hydroxylation is 1. The standard InChI is InChI=1S/C14H20N4OS.ClH/c1-9-5-16-12(10(2)13(9)19-4)8-18(3)7-11-6-17-14(15)20-11;/h5-6H,7-8H2,1-4H3,(H2,15,17);1H. The summed E-state index contributed by atoms with van der Waals surface area (Å²) < 4.78 is 5.44. The van der Waals surface area contributed by atoms with Crippen LogP contribution in [0.4, 0.5) is 5.13 Å². The fraction of sp³-hybridized carbons (Fsp3) is 0.429. The summed E-state index contributed by atoms with van der Waals surface area (Å²) in [5.41, 5.74) is 8.84. The quantitative estimate of drug-likeness (QED) is 0.914. The highest BCUT2D eigenvalue weighted by Gasteiger charge is 2.12. The van der Waals surface area contributed by atoms with Gasteiger partial charge in [0.1, 0.15) is 5.75 Å². The van der Waals surface area contributed by atoms with Crippen LogP contribution in [-0.4, -0.2) is 29.0 Å². The van der Waals surface area contributed by atoms with E-state index in [4.69, 9.17) is 10.5 Å². The van der Waals surface area contributed by atoms with Crippen molar-refractivity contribution in [3.8, 4) is 5.75 Å². The van der Waals surface area contributed by atoms with E-state index >= 15 is 0 Å². The summed E-state index contributed by atoms with van der Waals surface area (Å²) >= 11 is 1.52. The predicted octanol–water partition coefficient (Wildman–Crippen LogP) is 2.80. The van der Waals surface area contributed by atoms with Gasteiger partial charge >= 0.3 is 0 Å². The Morgan fingerprint density at radius 1 is 1.24 bits per heavy atom. The molecule has 0 aliphatic rings. The summed E-state index contributed by atoms with van der Waals surface area (Å²) in [5.74, 6) is 0.922. The zero-order valence-electron chi connectivity index (χ0n) is 12.7. The summed E-state index contributed by atoms with van der Waals surface area (Å²) in [6, 6.07) is 0. The van der Waals surface area contributed by atoms with Gasteiger partial charge in [-0.05, 0) is 20.9 Å². The van der Waals surface area contributed by atoms with Crippen LogP contribution in [0, 0.1) is 13.8 Å². The lowest BCUT2D eigenvalue weighted by Crippen LogP contribution is -2.18. The van der Waals surface area contributed by atoms with Gasteiger partial charge in [-0.3, -0.25) is 9.88 Å². The second-order valence-corrected chi connectivity index (χ2v) is 6.03. The molecule has 0 radical (unpaired) electrons. The third-order valence-corrected chi connectivity index (χ3v) is 3.98. The van der Waals surface area contributed by atoms with Crippen LogP contribution in [0.2, 0.25) is 0 Å². The van der Waals surface area contributed by atoms with Gasteiger partial charge in [-0.1, -0.05) is 0 Å². The molecule has 0 aromatic carbocycles. The number of methoxy groups -OCH3 is 1. The van der Waals surface area contributed by atoms with Gasteiger partial charge in [-0.2, -0.15) is 0 Å². The third kappa shape index (κ3) is 4.30. The largest absolute Gasteiger partial charge is 0.496 e. The monoisotopic (exact) mass is 328 g/mol. The molecule has 0 aliphatic carbocycles. The number of anilines is 1. The molecule has 2 heterocycles. The Morgan fingerprint density at radius 2 is 1.95 bits per heavy atom. The van der Waals surface area contributed by atoms with E-state index in [9.17, 15) is 0 Å². The van der Waals surface area contributed by atoms with Crippen LogP contribution in [0.25, 0.3) is 0 Å². The number of rotatable bonds is 5. The number of pyridine rings is 1.